The zero-order valence-electron chi connectivity index (χ0n) is 14.8. The second-order valence-corrected chi connectivity index (χ2v) is 6.44. The Hall–Kier alpha value is -2.56. The Morgan fingerprint density at radius 3 is 2.56 bits per heavy atom. The summed E-state index contributed by atoms with van der Waals surface area (Å²) in [4.78, 5) is 18.7. The summed E-state index contributed by atoms with van der Waals surface area (Å²) < 4.78 is 0. The Morgan fingerprint density at radius 2 is 1.84 bits per heavy atom. The highest BCUT2D eigenvalue weighted by molar-refractivity contribution is 5.94. The molecule has 1 aromatic carbocycles. The van der Waals surface area contributed by atoms with Crippen molar-refractivity contribution in [1.29, 1.82) is 0 Å². The first-order valence-electron chi connectivity index (χ1n) is 9.11. The molecule has 3 rings (SSSR count). The van der Waals surface area contributed by atoms with E-state index in [4.69, 9.17) is 0 Å². The SMILES string of the molecule is CCCNC(=O)c1cncc(Nc2ccc(N3CCCCC3)cc2)c1. The summed E-state index contributed by atoms with van der Waals surface area (Å²) in [5.74, 6) is -0.0848. The van der Waals surface area contributed by atoms with Gasteiger partial charge in [0.2, 0.25) is 0 Å². The van der Waals surface area contributed by atoms with Crippen LogP contribution in [0.3, 0.4) is 0 Å². The topological polar surface area (TPSA) is 57.3 Å². The summed E-state index contributed by atoms with van der Waals surface area (Å²) in [5, 5.41) is 6.20. The van der Waals surface area contributed by atoms with Crippen LogP contribution in [0.2, 0.25) is 0 Å². The second kappa shape index (κ2) is 8.51. The number of hydrogen-bond acceptors (Lipinski definition) is 4. The summed E-state index contributed by atoms with van der Waals surface area (Å²) in [5.41, 5.74) is 3.66. The first-order valence-corrected chi connectivity index (χ1v) is 9.11. The summed E-state index contributed by atoms with van der Waals surface area (Å²) in [6.45, 7) is 5.00. The zero-order chi connectivity index (χ0) is 17.5. The van der Waals surface area contributed by atoms with Crippen LogP contribution in [0, 0.1) is 0 Å². The number of carbonyl (C=O) groups excluding carboxylic acids is 1. The van der Waals surface area contributed by atoms with E-state index in [0.29, 0.717) is 12.1 Å². The molecular weight excluding hydrogens is 312 g/mol. The van der Waals surface area contributed by atoms with Crippen LogP contribution in [0.4, 0.5) is 17.1 Å². The molecule has 0 bridgehead atoms. The van der Waals surface area contributed by atoms with E-state index in [1.54, 1.807) is 12.4 Å². The fourth-order valence-corrected chi connectivity index (χ4v) is 3.05. The van der Waals surface area contributed by atoms with Gasteiger partial charge in [-0.05, 0) is 56.0 Å². The molecule has 2 N–H and O–H groups in total. The highest BCUT2D eigenvalue weighted by atomic mass is 16.1. The minimum atomic E-state index is -0.0848. The summed E-state index contributed by atoms with van der Waals surface area (Å²) in [6, 6.07) is 10.3. The van der Waals surface area contributed by atoms with Crippen LogP contribution < -0.4 is 15.5 Å². The third-order valence-corrected chi connectivity index (χ3v) is 4.41. The number of benzene rings is 1. The van der Waals surface area contributed by atoms with Crippen LogP contribution in [-0.4, -0.2) is 30.5 Å². The molecule has 0 aliphatic carbocycles. The summed E-state index contributed by atoms with van der Waals surface area (Å²) in [6.07, 6.45) is 8.13. The van der Waals surface area contributed by atoms with E-state index in [-0.39, 0.29) is 5.91 Å². The van der Waals surface area contributed by atoms with Crippen LogP contribution in [0.5, 0.6) is 0 Å². The maximum Gasteiger partial charge on any atom is 0.252 e. The third-order valence-electron chi connectivity index (χ3n) is 4.41. The molecular formula is C20H26N4O. The van der Waals surface area contributed by atoms with Crippen molar-refractivity contribution in [2.24, 2.45) is 0 Å². The molecule has 0 atom stereocenters. The minimum absolute atomic E-state index is 0.0848. The standard InChI is InChI=1S/C20H26N4O/c1-2-10-22-20(25)16-13-18(15-21-14-16)23-17-6-8-19(9-7-17)24-11-4-3-5-12-24/h6-9,13-15,23H,2-5,10-12H2,1H3,(H,22,25). The maximum absolute atomic E-state index is 12.0. The van der Waals surface area contributed by atoms with Crippen molar-refractivity contribution >= 4 is 23.0 Å². The maximum atomic E-state index is 12.0. The lowest BCUT2D eigenvalue weighted by Gasteiger charge is -2.28. The highest BCUT2D eigenvalue weighted by Gasteiger charge is 2.11. The van der Waals surface area contributed by atoms with Crippen LogP contribution in [-0.2, 0) is 0 Å². The van der Waals surface area contributed by atoms with Crippen molar-refractivity contribution in [1.82, 2.24) is 10.3 Å². The first kappa shape index (κ1) is 17.3. The van der Waals surface area contributed by atoms with Crippen molar-refractivity contribution in [3.05, 3.63) is 48.3 Å². The van der Waals surface area contributed by atoms with Crippen molar-refractivity contribution < 1.29 is 4.79 Å². The average Bonchev–Trinajstić information content (AvgIpc) is 2.67. The molecule has 0 unspecified atom stereocenters. The van der Waals surface area contributed by atoms with Crippen molar-refractivity contribution in [3.63, 3.8) is 0 Å². The molecule has 1 fully saturated rings. The Balaban J connectivity index is 1.64. The van der Waals surface area contributed by atoms with E-state index in [0.717, 1.165) is 30.9 Å². The van der Waals surface area contributed by atoms with E-state index in [1.165, 1.54) is 24.9 Å². The van der Waals surface area contributed by atoms with Gasteiger partial charge in [-0.3, -0.25) is 9.78 Å². The molecule has 2 aromatic rings. The molecule has 0 radical (unpaired) electrons. The van der Waals surface area contributed by atoms with Crippen LogP contribution in [0.1, 0.15) is 43.0 Å². The number of amides is 1. The quantitative estimate of drug-likeness (QED) is 0.837. The number of nitrogens with zero attached hydrogens (tertiary/aromatic N) is 2. The minimum Gasteiger partial charge on any atom is -0.372 e. The van der Waals surface area contributed by atoms with Gasteiger partial charge in [0.25, 0.3) is 5.91 Å². The monoisotopic (exact) mass is 338 g/mol. The highest BCUT2D eigenvalue weighted by Crippen LogP contribution is 2.23. The lowest BCUT2D eigenvalue weighted by atomic mass is 10.1. The van der Waals surface area contributed by atoms with Crippen molar-refractivity contribution in [2.75, 3.05) is 29.9 Å². The Bertz CT molecular complexity index is 693. The van der Waals surface area contributed by atoms with Gasteiger partial charge in [-0.25, -0.2) is 0 Å². The summed E-state index contributed by atoms with van der Waals surface area (Å²) >= 11 is 0. The molecule has 5 nitrogen and oxygen atoms in total. The molecule has 1 aromatic heterocycles. The number of aromatic nitrogens is 1. The zero-order valence-corrected chi connectivity index (χ0v) is 14.8. The largest absolute Gasteiger partial charge is 0.372 e. The molecule has 0 saturated carbocycles. The molecule has 0 spiro atoms. The first-order chi connectivity index (χ1) is 12.3. The van der Waals surface area contributed by atoms with Crippen LogP contribution in [0.25, 0.3) is 0 Å². The van der Waals surface area contributed by atoms with E-state index in [9.17, 15) is 4.79 Å². The number of nitrogens with one attached hydrogen (secondary N) is 2. The predicted molar refractivity (Wildman–Crippen MR) is 103 cm³/mol. The number of carbonyl (C=O) groups is 1. The fraction of sp³-hybridized carbons (Fsp3) is 0.400. The van der Waals surface area contributed by atoms with Gasteiger partial charge in [0.05, 0.1) is 17.4 Å². The van der Waals surface area contributed by atoms with Gasteiger partial charge in [-0.2, -0.15) is 0 Å². The molecule has 1 aliphatic heterocycles. The van der Waals surface area contributed by atoms with Crippen LogP contribution in [0.15, 0.2) is 42.7 Å². The molecule has 5 heteroatoms. The van der Waals surface area contributed by atoms with E-state index in [2.05, 4.69) is 44.8 Å². The predicted octanol–water partition coefficient (Wildman–Crippen LogP) is 3.96. The molecule has 2 heterocycles. The van der Waals surface area contributed by atoms with Gasteiger partial charge in [0, 0.05) is 37.2 Å². The van der Waals surface area contributed by atoms with Crippen molar-refractivity contribution in [2.45, 2.75) is 32.6 Å². The number of rotatable bonds is 6. The normalized spacial score (nSPS) is 14.2. The van der Waals surface area contributed by atoms with Gasteiger partial charge >= 0.3 is 0 Å². The van der Waals surface area contributed by atoms with E-state index in [1.807, 2.05) is 13.0 Å². The van der Waals surface area contributed by atoms with Gasteiger partial charge in [-0.1, -0.05) is 6.92 Å². The van der Waals surface area contributed by atoms with E-state index < -0.39 is 0 Å². The van der Waals surface area contributed by atoms with Gasteiger partial charge < -0.3 is 15.5 Å². The fourth-order valence-electron chi connectivity index (χ4n) is 3.05. The number of pyridine rings is 1. The van der Waals surface area contributed by atoms with E-state index >= 15 is 0 Å². The lowest BCUT2D eigenvalue weighted by Crippen LogP contribution is -2.29. The van der Waals surface area contributed by atoms with Gasteiger partial charge in [-0.15, -0.1) is 0 Å². The Kier molecular flexibility index (Phi) is 5.88. The Labute approximate surface area is 149 Å². The number of hydrogen-bond donors (Lipinski definition) is 2. The molecule has 1 aliphatic rings. The second-order valence-electron chi connectivity index (χ2n) is 6.44. The lowest BCUT2D eigenvalue weighted by molar-refractivity contribution is 0.0953. The molecule has 25 heavy (non-hydrogen) atoms. The molecule has 1 amide bonds. The third kappa shape index (κ3) is 4.72. The molecule has 132 valence electrons. The smallest absolute Gasteiger partial charge is 0.252 e. The molecule has 1 saturated heterocycles. The van der Waals surface area contributed by atoms with Gasteiger partial charge in [0.15, 0.2) is 0 Å². The number of piperidine rings is 1. The van der Waals surface area contributed by atoms with Gasteiger partial charge in [0.1, 0.15) is 0 Å². The van der Waals surface area contributed by atoms with Crippen LogP contribution >= 0.6 is 0 Å². The average molecular weight is 338 g/mol. The Morgan fingerprint density at radius 1 is 1.08 bits per heavy atom. The number of anilines is 3. The summed E-state index contributed by atoms with van der Waals surface area (Å²) in [7, 11) is 0. The van der Waals surface area contributed by atoms with Crippen molar-refractivity contribution in [3.8, 4) is 0 Å².